The van der Waals surface area contributed by atoms with Gasteiger partial charge < -0.3 is 15.4 Å². The summed E-state index contributed by atoms with van der Waals surface area (Å²) in [6.45, 7) is 8.22. The van der Waals surface area contributed by atoms with Gasteiger partial charge in [-0.15, -0.1) is 11.3 Å². The van der Waals surface area contributed by atoms with Crippen molar-refractivity contribution >= 4 is 23.3 Å². The van der Waals surface area contributed by atoms with Gasteiger partial charge in [0.25, 0.3) is 0 Å². The zero-order chi connectivity index (χ0) is 16.3. The molecule has 0 radical (unpaired) electrons. The van der Waals surface area contributed by atoms with E-state index in [0.29, 0.717) is 29.1 Å². The number of esters is 1. The first-order valence-corrected chi connectivity index (χ1v) is 8.42. The Hall–Kier alpha value is -1.63. The third-order valence-electron chi connectivity index (χ3n) is 3.65. The van der Waals surface area contributed by atoms with Crippen molar-refractivity contribution in [2.45, 2.75) is 46.2 Å². The van der Waals surface area contributed by atoms with Crippen LogP contribution in [0.25, 0.3) is 0 Å². The molecule has 0 saturated heterocycles. The second kappa shape index (κ2) is 7.09. The van der Waals surface area contributed by atoms with E-state index in [1.54, 1.807) is 14.0 Å². The lowest BCUT2D eigenvalue weighted by molar-refractivity contribution is 0.0531. The van der Waals surface area contributed by atoms with Crippen LogP contribution >= 0.6 is 11.3 Å². The van der Waals surface area contributed by atoms with Crippen molar-refractivity contribution in [3.63, 3.8) is 0 Å². The van der Waals surface area contributed by atoms with E-state index >= 15 is 0 Å². The van der Waals surface area contributed by atoms with Crippen LogP contribution in [-0.4, -0.2) is 36.6 Å². The molecule has 0 aliphatic heterocycles. The molecule has 1 aliphatic rings. The van der Waals surface area contributed by atoms with Crippen LogP contribution in [0.3, 0.4) is 0 Å². The van der Waals surface area contributed by atoms with E-state index in [1.165, 1.54) is 17.8 Å². The number of guanidine groups is 1. The average molecular weight is 324 g/mol. The van der Waals surface area contributed by atoms with Crippen LogP contribution in [0.5, 0.6) is 0 Å². The van der Waals surface area contributed by atoms with Gasteiger partial charge in [-0.3, -0.25) is 4.99 Å². The summed E-state index contributed by atoms with van der Waals surface area (Å²) in [6.07, 6.45) is 1.18. The SMILES string of the molecule is CCOC(=O)c1sc(C(C)NC(=NC)NC2CC2C)nc1C. The maximum atomic E-state index is 11.9. The molecule has 0 amide bonds. The summed E-state index contributed by atoms with van der Waals surface area (Å²) in [5.41, 5.74) is 0.714. The van der Waals surface area contributed by atoms with Gasteiger partial charge in [0.15, 0.2) is 5.96 Å². The van der Waals surface area contributed by atoms with Crippen molar-refractivity contribution in [3.05, 3.63) is 15.6 Å². The number of hydrogen-bond donors (Lipinski definition) is 2. The Morgan fingerprint density at radius 3 is 2.82 bits per heavy atom. The van der Waals surface area contributed by atoms with Crippen molar-refractivity contribution in [1.29, 1.82) is 0 Å². The van der Waals surface area contributed by atoms with E-state index in [4.69, 9.17) is 4.74 Å². The van der Waals surface area contributed by atoms with Gasteiger partial charge in [0, 0.05) is 13.1 Å². The molecule has 6 nitrogen and oxygen atoms in total. The Kier molecular flexibility index (Phi) is 5.39. The Morgan fingerprint density at radius 2 is 2.27 bits per heavy atom. The van der Waals surface area contributed by atoms with E-state index in [2.05, 4.69) is 27.5 Å². The lowest BCUT2D eigenvalue weighted by Gasteiger charge is -2.16. The first kappa shape index (κ1) is 16.7. The molecule has 1 heterocycles. The fourth-order valence-corrected chi connectivity index (χ4v) is 3.09. The molecule has 1 aromatic heterocycles. The maximum Gasteiger partial charge on any atom is 0.350 e. The smallest absolute Gasteiger partial charge is 0.350 e. The maximum absolute atomic E-state index is 11.9. The van der Waals surface area contributed by atoms with E-state index in [1.807, 2.05) is 13.8 Å². The number of hydrogen-bond acceptors (Lipinski definition) is 5. The minimum absolute atomic E-state index is 0.0212. The zero-order valence-electron chi connectivity index (χ0n) is 13.8. The standard InChI is InChI=1S/C15H24N4O2S/c1-6-21-14(20)12-9(3)17-13(22-12)10(4)18-15(16-5)19-11-7-8(11)2/h8,10-11H,6-7H2,1-5H3,(H2,16,18,19). The van der Waals surface area contributed by atoms with Crippen molar-refractivity contribution in [2.75, 3.05) is 13.7 Å². The molecule has 122 valence electrons. The van der Waals surface area contributed by atoms with Gasteiger partial charge in [0.05, 0.1) is 18.3 Å². The van der Waals surface area contributed by atoms with Gasteiger partial charge in [-0.05, 0) is 33.1 Å². The lowest BCUT2D eigenvalue weighted by Crippen LogP contribution is -2.40. The Morgan fingerprint density at radius 1 is 1.59 bits per heavy atom. The predicted molar refractivity (Wildman–Crippen MR) is 88.4 cm³/mol. The van der Waals surface area contributed by atoms with Gasteiger partial charge >= 0.3 is 5.97 Å². The van der Waals surface area contributed by atoms with Crippen LogP contribution in [0.2, 0.25) is 0 Å². The minimum atomic E-state index is -0.301. The van der Waals surface area contributed by atoms with E-state index in [9.17, 15) is 4.79 Å². The fraction of sp³-hybridized carbons (Fsp3) is 0.667. The second-order valence-corrected chi connectivity index (χ2v) is 6.62. The third-order valence-corrected chi connectivity index (χ3v) is 4.97. The Balaban J connectivity index is 2.01. The highest BCUT2D eigenvalue weighted by Gasteiger charge is 2.33. The summed E-state index contributed by atoms with van der Waals surface area (Å²) in [6, 6.07) is 0.485. The lowest BCUT2D eigenvalue weighted by atomic mass is 10.3. The molecule has 3 unspecified atom stereocenters. The highest BCUT2D eigenvalue weighted by molar-refractivity contribution is 7.13. The monoisotopic (exact) mass is 324 g/mol. The van der Waals surface area contributed by atoms with Gasteiger partial charge in [0.2, 0.25) is 0 Å². The zero-order valence-corrected chi connectivity index (χ0v) is 14.6. The summed E-state index contributed by atoms with van der Waals surface area (Å²) in [4.78, 5) is 21.2. The van der Waals surface area contributed by atoms with Gasteiger partial charge in [0.1, 0.15) is 9.88 Å². The quantitative estimate of drug-likeness (QED) is 0.494. The number of aromatic nitrogens is 1. The van der Waals surface area contributed by atoms with Gasteiger partial charge in [-0.2, -0.15) is 0 Å². The molecule has 0 bridgehead atoms. The van der Waals surface area contributed by atoms with Crippen molar-refractivity contribution < 1.29 is 9.53 Å². The second-order valence-electron chi connectivity index (χ2n) is 5.59. The molecule has 3 atom stereocenters. The number of carbonyl (C=O) groups excluding carboxylic acids is 1. The van der Waals surface area contributed by atoms with E-state index < -0.39 is 0 Å². The number of ether oxygens (including phenoxy) is 1. The minimum Gasteiger partial charge on any atom is -0.462 e. The van der Waals surface area contributed by atoms with Crippen molar-refractivity contribution in [3.8, 4) is 0 Å². The molecule has 2 rings (SSSR count). The molecular weight excluding hydrogens is 300 g/mol. The first-order valence-electron chi connectivity index (χ1n) is 7.60. The van der Waals surface area contributed by atoms with Crippen LogP contribution in [0.15, 0.2) is 4.99 Å². The molecular formula is C15H24N4O2S. The molecule has 1 aromatic rings. The summed E-state index contributed by atoms with van der Waals surface area (Å²) in [5, 5.41) is 7.55. The van der Waals surface area contributed by atoms with Crippen LogP contribution in [0.1, 0.15) is 53.6 Å². The van der Waals surface area contributed by atoms with Crippen LogP contribution in [-0.2, 0) is 4.74 Å². The Labute approximate surface area is 135 Å². The van der Waals surface area contributed by atoms with Crippen LogP contribution < -0.4 is 10.6 Å². The molecule has 2 N–H and O–H groups in total. The number of rotatable bonds is 5. The fourth-order valence-electron chi connectivity index (χ4n) is 2.12. The molecule has 22 heavy (non-hydrogen) atoms. The van der Waals surface area contributed by atoms with E-state index in [0.717, 1.165) is 11.0 Å². The third kappa shape index (κ3) is 3.97. The van der Waals surface area contributed by atoms with Crippen molar-refractivity contribution in [1.82, 2.24) is 15.6 Å². The number of aliphatic imine (C=N–C) groups is 1. The molecule has 1 aliphatic carbocycles. The van der Waals surface area contributed by atoms with Crippen LogP contribution in [0, 0.1) is 12.8 Å². The molecule has 0 aromatic carbocycles. The first-order chi connectivity index (χ1) is 10.5. The average Bonchev–Trinajstić information content (AvgIpc) is 3.01. The van der Waals surface area contributed by atoms with Gasteiger partial charge in [-0.25, -0.2) is 9.78 Å². The summed E-state index contributed by atoms with van der Waals surface area (Å²) in [5.74, 6) is 1.17. The highest BCUT2D eigenvalue weighted by atomic mass is 32.1. The summed E-state index contributed by atoms with van der Waals surface area (Å²) in [7, 11) is 1.76. The number of nitrogens with zero attached hydrogens (tertiary/aromatic N) is 2. The molecule has 0 spiro atoms. The largest absolute Gasteiger partial charge is 0.462 e. The van der Waals surface area contributed by atoms with Crippen molar-refractivity contribution in [2.24, 2.45) is 10.9 Å². The topological polar surface area (TPSA) is 75.6 Å². The molecule has 1 fully saturated rings. The summed E-state index contributed by atoms with van der Waals surface area (Å²) < 4.78 is 5.05. The number of aryl methyl sites for hydroxylation is 1. The predicted octanol–water partition coefficient (Wildman–Crippen LogP) is 2.26. The molecule has 1 saturated carbocycles. The van der Waals surface area contributed by atoms with Crippen LogP contribution in [0.4, 0.5) is 0 Å². The Bertz CT molecular complexity index is 570. The highest BCUT2D eigenvalue weighted by Crippen LogP contribution is 2.29. The number of nitrogens with one attached hydrogen (secondary N) is 2. The van der Waals surface area contributed by atoms with Gasteiger partial charge in [-0.1, -0.05) is 6.92 Å². The van der Waals surface area contributed by atoms with E-state index in [-0.39, 0.29) is 12.0 Å². The summed E-state index contributed by atoms with van der Waals surface area (Å²) >= 11 is 1.37. The molecule has 7 heteroatoms. The number of thiazole rings is 1. The normalized spacial score (nSPS) is 22.1. The number of carbonyl (C=O) groups is 1.